The molecule has 14 heavy (non-hydrogen) atoms. The highest BCUT2D eigenvalue weighted by Gasteiger charge is 2.38. The Morgan fingerprint density at radius 2 is 2.14 bits per heavy atom. The second-order valence-electron chi connectivity index (χ2n) is 4.35. The summed E-state index contributed by atoms with van der Waals surface area (Å²) in [6, 6.07) is 0.150. The van der Waals surface area contributed by atoms with Crippen molar-refractivity contribution in [3.8, 4) is 0 Å². The van der Waals surface area contributed by atoms with Gasteiger partial charge in [0.2, 0.25) is 0 Å². The molecule has 4 heteroatoms. The van der Waals surface area contributed by atoms with E-state index < -0.39 is 5.92 Å². The predicted molar refractivity (Wildman–Crippen MR) is 51.7 cm³/mol. The lowest BCUT2D eigenvalue weighted by Gasteiger charge is -2.37. The van der Waals surface area contributed by atoms with Gasteiger partial charge in [-0.15, -0.1) is 0 Å². The van der Waals surface area contributed by atoms with Crippen LogP contribution in [0.1, 0.15) is 26.7 Å². The molecule has 0 saturated carbocycles. The van der Waals surface area contributed by atoms with Crippen LogP contribution in [0.2, 0.25) is 0 Å². The Kier molecular flexibility index (Phi) is 3.84. The molecule has 1 heterocycles. The quantitative estimate of drug-likeness (QED) is 0.703. The molecule has 0 N–H and O–H groups in total. The van der Waals surface area contributed by atoms with Crippen LogP contribution >= 0.6 is 0 Å². The van der Waals surface area contributed by atoms with Gasteiger partial charge in [0.15, 0.2) is 0 Å². The molecule has 1 atom stereocenters. The Hall–Kier alpha value is -0.220. The SMILES string of the molecule is CC(C)OCC1CCC(F)(F)CN1C. The van der Waals surface area contributed by atoms with E-state index in [1.54, 1.807) is 11.9 Å². The molecule has 0 aromatic rings. The zero-order valence-electron chi connectivity index (χ0n) is 9.09. The minimum atomic E-state index is -2.51. The van der Waals surface area contributed by atoms with Gasteiger partial charge in [0.05, 0.1) is 19.3 Å². The van der Waals surface area contributed by atoms with E-state index in [4.69, 9.17) is 4.74 Å². The average molecular weight is 207 g/mol. The summed E-state index contributed by atoms with van der Waals surface area (Å²) in [5.41, 5.74) is 0. The van der Waals surface area contributed by atoms with Crippen LogP contribution in [0.25, 0.3) is 0 Å². The number of likely N-dealkylation sites (N-methyl/N-ethyl adjacent to an activating group) is 1. The third-order valence-corrected chi connectivity index (χ3v) is 2.57. The number of likely N-dealkylation sites (tertiary alicyclic amines) is 1. The Bertz CT molecular complexity index is 183. The van der Waals surface area contributed by atoms with Gasteiger partial charge in [0, 0.05) is 12.5 Å². The van der Waals surface area contributed by atoms with Crippen molar-refractivity contribution in [1.82, 2.24) is 4.90 Å². The number of alkyl halides is 2. The molecule has 0 amide bonds. The molecule has 1 aliphatic rings. The van der Waals surface area contributed by atoms with Crippen molar-refractivity contribution in [2.24, 2.45) is 0 Å². The van der Waals surface area contributed by atoms with Crippen molar-refractivity contribution in [3.63, 3.8) is 0 Å². The topological polar surface area (TPSA) is 12.5 Å². The van der Waals surface area contributed by atoms with Gasteiger partial charge in [0.1, 0.15) is 0 Å². The van der Waals surface area contributed by atoms with Gasteiger partial charge in [-0.05, 0) is 27.3 Å². The number of halogens is 2. The van der Waals surface area contributed by atoms with Gasteiger partial charge >= 0.3 is 0 Å². The summed E-state index contributed by atoms with van der Waals surface area (Å²) in [5, 5.41) is 0. The fraction of sp³-hybridized carbons (Fsp3) is 1.00. The second-order valence-corrected chi connectivity index (χ2v) is 4.35. The Balaban J connectivity index is 2.35. The van der Waals surface area contributed by atoms with Crippen molar-refractivity contribution in [2.45, 2.75) is 44.8 Å². The molecule has 1 rings (SSSR count). The Labute approximate surface area is 84.2 Å². The van der Waals surface area contributed by atoms with Crippen molar-refractivity contribution in [2.75, 3.05) is 20.2 Å². The molecule has 0 aromatic carbocycles. The fourth-order valence-electron chi connectivity index (χ4n) is 1.69. The van der Waals surface area contributed by atoms with Crippen LogP contribution in [0.5, 0.6) is 0 Å². The second kappa shape index (κ2) is 4.53. The summed E-state index contributed by atoms with van der Waals surface area (Å²) >= 11 is 0. The molecular formula is C10H19F2NO. The van der Waals surface area contributed by atoms with E-state index >= 15 is 0 Å². The molecule has 2 nitrogen and oxygen atoms in total. The third kappa shape index (κ3) is 3.50. The van der Waals surface area contributed by atoms with E-state index in [2.05, 4.69) is 0 Å². The lowest BCUT2D eigenvalue weighted by molar-refractivity contribution is -0.0906. The first-order valence-electron chi connectivity index (χ1n) is 5.10. The maximum atomic E-state index is 12.9. The van der Waals surface area contributed by atoms with E-state index in [0.717, 1.165) is 0 Å². The number of rotatable bonds is 3. The van der Waals surface area contributed by atoms with Crippen LogP contribution in [0.4, 0.5) is 8.78 Å². The minimum absolute atomic E-state index is 0.0105. The largest absolute Gasteiger partial charge is 0.377 e. The zero-order chi connectivity index (χ0) is 10.8. The molecule has 0 radical (unpaired) electrons. The standard InChI is InChI=1S/C10H19F2NO/c1-8(2)14-6-9-4-5-10(11,12)7-13(9)3/h8-9H,4-7H2,1-3H3. The summed E-state index contributed by atoms with van der Waals surface area (Å²) in [6.07, 6.45) is 0.686. The maximum Gasteiger partial charge on any atom is 0.260 e. The van der Waals surface area contributed by atoms with E-state index in [1.807, 2.05) is 13.8 Å². The van der Waals surface area contributed by atoms with Gasteiger partial charge < -0.3 is 4.74 Å². The van der Waals surface area contributed by atoms with Crippen molar-refractivity contribution < 1.29 is 13.5 Å². The summed E-state index contributed by atoms with van der Waals surface area (Å²) in [6.45, 7) is 4.33. The van der Waals surface area contributed by atoms with E-state index in [9.17, 15) is 8.78 Å². The van der Waals surface area contributed by atoms with Crippen LogP contribution in [0.15, 0.2) is 0 Å². The summed E-state index contributed by atoms with van der Waals surface area (Å²) in [4.78, 5) is 1.70. The first-order valence-corrected chi connectivity index (χ1v) is 5.10. The predicted octanol–water partition coefficient (Wildman–Crippen LogP) is 2.14. The van der Waals surface area contributed by atoms with Crippen molar-refractivity contribution in [1.29, 1.82) is 0 Å². The molecule has 0 aliphatic carbocycles. The van der Waals surface area contributed by atoms with E-state index in [0.29, 0.717) is 13.0 Å². The molecule has 0 bridgehead atoms. The molecule has 1 aliphatic heterocycles. The summed E-state index contributed by atoms with van der Waals surface area (Å²) in [5.74, 6) is -2.51. The van der Waals surface area contributed by atoms with Crippen LogP contribution in [0, 0.1) is 0 Å². The highest BCUT2D eigenvalue weighted by atomic mass is 19.3. The number of piperidine rings is 1. The number of hydrogen-bond donors (Lipinski definition) is 0. The molecule has 1 saturated heterocycles. The number of nitrogens with zero attached hydrogens (tertiary/aromatic N) is 1. The van der Waals surface area contributed by atoms with Crippen LogP contribution < -0.4 is 0 Å². The highest BCUT2D eigenvalue weighted by Crippen LogP contribution is 2.29. The normalized spacial score (nSPS) is 28.3. The zero-order valence-corrected chi connectivity index (χ0v) is 9.09. The first kappa shape index (κ1) is 11.9. The Morgan fingerprint density at radius 1 is 1.50 bits per heavy atom. The van der Waals surface area contributed by atoms with Crippen molar-refractivity contribution >= 4 is 0 Å². The molecular weight excluding hydrogens is 188 g/mol. The summed E-state index contributed by atoms with van der Waals surface area (Å²) < 4.78 is 31.3. The molecule has 84 valence electrons. The Morgan fingerprint density at radius 3 is 2.64 bits per heavy atom. The van der Waals surface area contributed by atoms with Gasteiger partial charge in [-0.2, -0.15) is 0 Å². The van der Waals surface area contributed by atoms with Gasteiger partial charge in [-0.3, -0.25) is 4.90 Å². The first-order chi connectivity index (χ1) is 6.41. The molecule has 1 unspecified atom stereocenters. The van der Waals surface area contributed by atoms with Crippen LogP contribution in [-0.2, 0) is 4.74 Å². The van der Waals surface area contributed by atoms with E-state index in [1.165, 1.54) is 0 Å². The fourth-order valence-corrected chi connectivity index (χ4v) is 1.69. The summed E-state index contributed by atoms with van der Waals surface area (Å²) in [7, 11) is 1.74. The van der Waals surface area contributed by atoms with Gasteiger partial charge in [0.25, 0.3) is 5.92 Å². The maximum absolute atomic E-state index is 12.9. The molecule has 1 fully saturated rings. The molecule has 0 aromatic heterocycles. The highest BCUT2D eigenvalue weighted by molar-refractivity contribution is 4.83. The van der Waals surface area contributed by atoms with Gasteiger partial charge in [-0.1, -0.05) is 0 Å². The number of hydrogen-bond acceptors (Lipinski definition) is 2. The van der Waals surface area contributed by atoms with Crippen LogP contribution in [0.3, 0.4) is 0 Å². The smallest absolute Gasteiger partial charge is 0.260 e. The minimum Gasteiger partial charge on any atom is -0.377 e. The molecule has 0 spiro atoms. The van der Waals surface area contributed by atoms with Gasteiger partial charge in [-0.25, -0.2) is 8.78 Å². The average Bonchev–Trinajstić information content (AvgIpc) is 2.00. The number of ether oxygens (including phenoxy) is 1. The van der Waals surface area contributed by atoms with E-state index in [-0.39, 0.29) is 25.1 Å². The lowest BCUT2D eigenvalue weighted by Crippen LogP contribution is -2.48. The monoisotopic (exact) mass is 207 g/mol. The lowest BCUT2D eigenvalue weighted by atomic mass is 10.0. The van der Waals surface area contributed by atoms with Crippen molar-refractivity contribution in [3.05, 3.63) is 0 Å². The van der Waals surface area contributed by atoms with Crippen LogP contribution in [-0.4, -0.2) is 43.2 Å². The third-order valence-electron chi connectivity index (χ3n) is 2.57.